The van der Waals surface area contributed by atoms with E-state index in [9.17, 15) is 29.1 Å². The highest BCUT2D eigenvalue weighted by molar-refractivity contribution is 9.28. The van der Waals surface area contributed by atoms with Crippen molar-refractivity contribution < 1.29 is 38.7 Å². The monoisotopic (exact) mass is 805 g/mol. The lowest BCUT2D eigenvalue weighted by Gasteiger charge is -2.53. The number of fused-ring (bicyclic) bond motifs is 1. The number of oxime groups is 1. The predicted molar refractivity (Wildman–Crippen MR) is 181 cm³/mol. The average Bonchev–Trinajstić information content (AvgIpc) is 3.53. The number of β-lactam (4-membered cyclic amide) rings is 1. The second kappa shape index (κ2) is 15.2. The zero-order valence-corrected chi connectivity index (χ0v) is 28.9. The molecule has 2 aromatic carbocycles. The number of benzene rings is 2. The zero-order valence-electron chi connectivity index (χ0n) is 24.1. The van der Waals surface area contributed by atoms with Crippen LogP contribution in [0.2, 0.25) is 0 Å². The number of anilines is 1. The van der Waals surface area contributed by atoms with Crippen LogP contribution in [0.1, 0.15) is 22.9 Å². The molecule has 2 fully saturated rings. The highest BCUT2D eigenvalue weighted by Crippen LogP contribution is 2.44. The number of carbonyl (C=O) groups is 5. The minimum atomic E-state index is -1.33. The number of thiazole rings is 1. The van der Waals surface area contributed by atoms with Gasteiger partial charge < -0.3 is 30.2 Å². The van der Waals surface area contributed by atoms with Crippen LogP contribution in [-0.2, 0) is 33.5 Å². The Morgan fingerprint density at radius 3 is 2.38 bits per heavy atom. The van der Waals surface area contributed by atoms with Gasteiger partial charge in [-0.1, -0.05) is 65.8 Å². The first-order valence-corrected chi connectivity index (χ1v) is 17.3. The molecule has 3 N–H and O–H groups in total. The van der Waals surface area contributed by atoms with Gasteiger partial charge in [0.2, 0.25) is 18.9 Å². The van der Waals surface area contributed by atoms with Gasteiger partial charge in [-0.2, -0.15) is 0 Å². The van der Waals surface area contributed by atoms with Gasteiger partial charge in [-0.25, -0.2) is 9.78 Å². The van der Waals surface area contributed by atoms with E-state index in [1.165, 1.54) is 28.1 Å². The molecule has 3 heterocycles. The van der Waals surface area contributed by atoms with Crippen LogP contribution in [0.4, 0.5) is 5.13 Å². The Hall–Kier alpha value is -4.06. The molecule has 244 valence electrons. The van der Waals surface area contributed by atoms with Crippen molar-refractivity contribution in [3.8, 4) is 0 Å². The lowest BCUT2D eigenvalue weighted by Crippen LogP contribution is -2.73. The zero-order chi connectivity index (χ0) is 33.6. The van der Waals surface area contributed by atoms with Gasteiger partial charge in [0, 0.05) is 17.7 Å². The third-order valence-corrected chi connectivity index (χ3v) is 9.92. The number of ether oxygens (including phenoxy) is 1. The summed E-state index contributed by atoms with van der Waals surface area (Å²) >= 11 is 8.63. The summed E-state index contributed by atoms with van der Waals surface area (Å²) in [5.41, 5.74) is -0.178. The van der Waals surface area contributed by atoms with Gasteiger partial charge in [-0.15, -0.1) is 23.1 Å². The largest absolute Gasteiger partial charge is 0.481 e. The van der Waals surface area contributed by atoms with E-state index >= 15 is 0 Å². The van der Waals surface area contributed by atoms with E-state index in [1.54, 1.807) is 0 Å². The summed E-state index contributed by atoms with van der Waals surface area (Å²) in [6, 6.07) is 17.3. The fourth-order valence-electron chi connectivity index (χ4n) is 4.89. The molecule has 3 atom stereocenters. The molecule has 0 aliphatic carbocycles. The molecule has 2 saturated heterocycles. The minimum absolute atomic E-state index is 0.0220. The number of carboxylic acid groups (broad SMARTS) is 1. The van der Waals surface area contributed by atoms with Crippen LogP contribution in [0.5, 0.6) is 0 Å². The van der Waals surface area contributed by atoms with E-state index in [-0.39, 0.29) is 28.8 Å². The fraction of sp³-hybridized carbons (Fsp3) is 0.233. The number of carbonyl (C=O) groups excluding carboxylic acids is 4. The van der Waals surface area contributed by atoms with Gasteiger partial charge in [-0.05, 0) is 49.1 Å². The molecular weight excluding hydrogens is 782 g/mol. The van der Waals surface area contributed by atoms with Crippen LogP contribution in [0.15, 0.2) is 80.7 Å². The molecule has 0 bridgehead atoms. The first-order chi connectivity index (χ1) is 22.6. The number of nitrogens with one attached hydrogen (secondary N) is 2. The molecule has 3 amide bonds. The second-order valence-corrected chi connectivity index (χ2v) is 15.0. The molecule has 17 heteroatoms. The minimum Gasteiger partial charge on any atom is -0.481 e. The first kappa shape index (κ1) is 34.3. The number of nitrogens with zero attached hydrogens (tertiary/aromatic N) is 3. The van der Waals surface area contributed by atoms with E-state index in [2.05, 4.69) is 52.6 Å². The average molecular weight is 807 g/mol. The van der Waals surface area contributed by atoms with Crippen molar-refractivity contribution in [1.82, 2.24) is 15.2 Å². The molecule has 0 radical (unpaired) electrons. The van der Waals surface area contributed by atoms with E-state index in [4.69, 9.17) is 9.57 Å². The number of rotatable bonds is 13. The maximum absolute atomic E-state index is 13.5. The van der Waals surface area contributed by atoms with Crippen molar-refractivity contribution in [1.29, 1.82) is 0 Å². The number of amides is 3. The maximum Gasteiger partial charge on any atom is 0.347 e. The summed E-state index contributed by atoms with van der Waals surface area (Å²) in [7, 11) is 0. The van der Waals surface area contributed by atoms with Crippen LogP contribution < -0.4 is 10.6 Å². The Balaban J connectivity index is 1.29. The maximum atomic E-state index is 13.5. The number of thioether (sulfide) groups is 1. The second-order valence-electron chi connectivity index (χ2n) is 10.2. The van der Waals surface area contributed by atoms with Crippen molar-refractivity contribution >= 4 is 96.0 Å². The normalized spacial score (nSPS) is 20.4. The third-order valence-electron chi connectivity index (χ3n) is 7.14. The third kappa shape index (κ3) is 7.91. The number of hydrogen-bond acceptors (Lipinski definition) is 11. The Bertz CT molecular complexity index is 1680. The smallest absolute Gasteiger partial charge is 0.347 e. The molecule has 2 aliphatic heterocycles. The van der Waals surface area contributed by atoms with E-state index in [0.717, 1.165) is 22.5 Å². The Morgan fingerprint density at radius 1 is 1.13 bits per heavy atom. The molecule has 1 aromatic heterocycles. The summed E-state index contributed by atoms with van der Waals surface area (Å²) in [5, 5.41) is 19.9. The van der Waals surface area contributed by atoms with Crippen LogP contribution in [0, 0.1) is 5.41 Å². The molecule has 0 saturated carbocycles. The van der Waals surface area contributed by atoms with E-state index in [0.29, 0.717) is 9.80 Å². The quantitative estimate of drug-likeness (QED) is 0.0756. The summed E-state index contributed by atoms with van der Waals surface area (Å²) < 4.78 is 6.17. The number of carboxylic acids is 1. The molecule has 2 aliphatic rings. The molecule has 2 unspecified atom stereocenters. The van der Waals surface area contributed by atoms with Crippen LogP contribution in [0.25, 0.3) is 0 Å². The summed E-state index contributed by atoms with van der Waals surface area (Å²) in [6.07, 6.45) is 1.19. The van der Waals surface area contributed by atoms with Crippen LogP contribution in [-0.4, -0.2) is 81.2 Å². The molecule has 0 spiro atoms. The Labute approximate surface area is 293 Å². The number of aromatic nitrogens is 1. The van der Waals surface area contributed by atoms with E-state index in [1.807, 2.05) is 60.7 Å². The topological polar surface area (TPSA) is 177 Å². The predicted octanol–water partition coefficient (Wildman–Crippen LogP) is 3.87. The van der Waals surface area contributed by atoms with Gasteiger partial charge >= 0.3 is 11.9 Å². The van der Waals surface area contributed by atoms with Gasteiger partial charge in [-0.3, -0.25) is 19.2 Å². The van der Waals surface area contributed by atoms with Crippen molar-refractivity contribution in [3.63, 3.8) is 0 Å². The highest BCUT2D eigenvalue weighted by Gasteiger charge is 2.57. The Kier molecular flexibility index (Phi) is 11.1. The molecule has 3 aromatic rings. The number of esters is 1. The number of halogens is 2. The van der Waals surface area contributed by atoms with Crippen LogP contribution >= 0.6 is 55.0 Å². The first-order valence-electron chi connectivity index (χ1n) is 13.8. The number of hydrogen-bond donors (Lipinski definition) is 3. The van der Waals surface area contributed by atoms with Gasteiger partial charge in [0.25, 0.3) is 5.91 Å². The SMILES string of the molecule is O=CNc1nc(C(=NOCC(=O)OC(c2ccccc2)c2ccccc2)C(=O)NC2C(=O)N3CC(C=C(Br)Br)(C(=O)O)CS[C@H]23)cs1. The van der Waals surface area contributed by atoms with Crippen molar-refractivity contribution in [2.45, 2.75) is 17.5 Å². The highest BCUT2D eigenvalue weighted by atomic mass is 79.9. The standard InChI is InChI=1S/C30H25Br2N5O8S2/c31-20(32)11-30(28(42)43)14-37-26(41)23(27(37)47-15-30)35-25(40)22(19-13-46-29(34-19)33-16-38)36-44-12-21(39)45-24(17-7-3-1-4-8-17)18-9-5-2-6-10-18/h1-11,13,16,23-24,27H,12,14-15H2,(H,35,40)(H,42,43)(H,33,34,38)/t23?,27-,30?/m1/s1. The summed E-state index contributed by atoms with van der Waals surface area (Å²) in [5.74, 6) is -3.01. The lowest BCUT2D eigenvalue weighted by molar-refractivity contribution is -0.156. The molecule has 5 rings (SSSR count). The fourth-order valence-corrected chi connectivity index (χ4v) is 7.93. The molecular formula is C30H25Br2N5O8S2. The van der Waals surface area contributed by atoms with E-state index < -0.39 is 53.3 Å². The van der Waals surface area contributed by atoms with Crippen molar-refractivity contribution in [3.05, 3.63) is 92.3 Å². The van der Waals surface area contributed by atoms with Crippen molar-refractivity contribution in [2.75, 3.05) is 24.2 Å². The van der Waals surface area contributed by atoms with Crippen molar-refractivity contribution in [2.24, 2.45) is 10.6 Å². The van der Waals surface area contributed by atoms with Gasteiger partial charge in [0.05, 0.1) is 3.39 Å². The summed E-state index contributed by atoms with van der Waals surface area (Å²) in [6.45, 7) is -0.739. The Morgan fingerprint density at radius 2 is 1.79 bits per heavy atom. The number of aliphatic carboxylic acids is 1. The molecule has 47 heavy (non-hydrogen) atoms. The van der Waals surface area contributed by atoms with Crippen LogP contribution in [0.3, 0.4) is 0 Å². The van der Waals surface area contributed by atoms with Gasteiger partial charge in [0.1, 0.15) is 22.5 Å². The summed E-state index contributed by atoms with van der Waals surface area (Å²) in [4.78, 5) is 73.3. The molecule has 13 nitrogen and oxygen atoms in total. The van der Waals surface area contributed by atoms with Gasteiger partial charge in [0.15, 0.2) is 16.9 Å². The lowest BCUT2D eigenvalue weighted by atomic mass is 9.87.